The summed E-state index contributed by atoms with van der Waals surface area (Å²) in [5.41, 5.74) is -10.8. The second-order valence-electron chi connectivity index (χ2n) is 10.8. The Kier molecular flexibility index (Phi) is 7.94. The molecule has 0 aliphatic carbocycles. The fourth-order valence-corrected chi connectivity index (χ4v) is 3.98. The molecule has 0 saturated carbocycles. The molecule has 8 heteroatoms. The zero-order valence-corrected chi connectivity index (χ0v) is 19.9. The van der Waals surface area contributed by atoms with Crippen molar-refractivity contribution in [1.29, 1.82) is 0 Å². The predicted molar refractivity (Wildman–Crippen MR) is 105 cm³/mol. The van der Waals surface area contributed by atoms with Crippen LogP contribution in [0.15, 0.2) is 0 Å². The average molecular weight is 455 g/mol. The molecule has 0 aromatic carbocycles. The summed E-state index contributed by atoms with van der Waals surface area (Å²) in [6, 6.07) is 0. The van der Waals surface area contributed by atoms with Gasteiger partial charge in [0.15, 0.2) is 0 Å². The standard InChI is InChI=1S/C22H38F8/c1-11-13-15(3,4)19(23,24)21(27,28)17(7,8)18(9,10)22(29,30)20(25,26)16(5,6)14-12-2/h11-14H2,1-10H3. The van der Waals surface area contributed by atoms with E-state index in [9.17, 15) is 0 Å². The van der Waals surface area contributed by atoms with Gasteiger partial charge in [0.25, 0.3) is 0 Å². The van der Waals surface area contributed by atoms with Gasteiger partial charge in [-0.15, -0.1) is 0 Å². The second kappa shape index (κ2) is 8.09. The predicted octanol–water partition coefficient (Wildman–Crippen LogP) is 9.23. The molecule has 30 heavy (non-hydrogen) atoms. The first-order valence-electron chi connectivity index (χ1n) is 10.4. The van der Waals surface area contributed by atoms with Crippen molar-refractivity contribution in [3.63, 3.8) is 0 Å². The molecule has 0 rings (SSSR count). The smallest absolute Gasteiger partial charge is 0.199 e. The molecule has 0 heterocycles. The molecule has 0 unspecified atom stereocenters. The molecule has 0 N–H and O–H groups in total. The van der Waals surface area contributed by atoms with Crippen molar-refractivity contribution in [3.8, 4) is 0 Å². The van der Waals surface area contributed by atoms with Gasteiger partial charge in [-0.1, -0.05) is 82.1 Å². The van der Waals surface area contributed by atoms with Crippen molar-refractivity contribution < 1.29 is 35.1 Å². The van der Waals surface area contributed by atoms with E-state index in [0.717, 1.165) is 27.7 Å². The van der Waals surface area contributed by atoms with Crippen LogP contribution < -0.4 is 0 Å². The zero-order chi connectivity index (χ0) is 24.8. The summed E-state index contributed by atoms with van der Waals surface area (Å²) in [4.78, 5) is 0. The van der Waals surface area contributed by atoms with Crippen molar-refractivity contribution in [2.45, 2.75) is 119 Å². The zero-order valence-electron chi connectivity index (χ0n) is 19.9. The molecule has 0 aliphatic heterocycles. The largest absolute Gasteiger partial charge is 0.316 e. The first-order valence-corrected chi connectivity index (χ1v) is 10.4. The quantitative estimate of drug-likeness (QED) is 0.273. The van der Waals surface area contributed by atoms with Crippen LogP contribution in [0.2, 0.25) is 0 Å². The normalized spacial score (nSPS) is 16.2. The van der Waals surface area contributed by atoms with Crippen molar-refractivity contribution in [2.24, 2.45) is 21.7 Å². The van der Waals surface area contributed by atoms with Crippen molar-refractivity contribution in [1.82, 2.24) is 0 Å². The van der Waals surface area contributed by atoms with Crippen molar-refractivity contribution in [2.75, 3.05) is 0 Å². The monoisotopic (exact) mass is 454 g/mol. The van der Waals surface area contributed by atoms with E-state index < -0.39 is 45.4 Å². The van der Waals surface area contributed by atoms with Gasteiger partial charge in [0, 0.05) is 21.7 Å². The number of hydrogen-bond donors (Lipinski definition) is 0. The summed E-state index contributed by atoms with van der Waals surface area (Å²) in [6.45, 7) is 8.93. The Morgan fingerprint density at radius 2 is 0.600 bits per heavy atom. The molecule has 0 fully saturated rings. The SMILES string of the molecule is CCCC(C)(C)C(F)(F)C(F)(F)C(C)(C)C(C)(C)C(F)(F)C(F)(F)C(C)(C)CCC. The summed E-state index contributed by atoms with van der Waals surface area (Å²) < 4.78 is 122. The van der Waals surface area contributed by atoms with Gasteiger partial charge in [0.2, 0.25) is 0 Å². The van der Waals surface area contributed by atoms with Crippen LogP contribution in [0.4, 0.5) is 35.1 Å². The molecule has 0 bridgehead atoms. The van der Waals surface area contributed by atoms with Crippen LogP contribution in [0, 0.1) is 21.7 Å². The Balaban J connectivity index is 6.67. The highest BCUT2D eigenvalue weighted by molar-refractivity contribution is 5.14. The Morgan fingerprint density at radius 1 is 0.400 bits per heavy atom. The topological polar surface area (TPSA) is 0 Å². The molecule has 0 amide bonds. The van der Waals surface area contributed by atoms with Crippen LogP contribution >= 0.6 is 0 Å². The average Bonchev–Trinajstić information content (AvgIpc) is 2.53. The van der Waals surface area contributed by atoms with E-state index in [2.05, 4.69) is 0 Å². The molecule has 0 saturated heterocycles. The summed E-state index contributed by atoms with van der Waals surface area (Å²) in [6.07, 6.45) is -0.242. The highest BCUT2D eigenvalue weighted by atomic mass is 19.3. The van der Waals surface area contributed by atoms with Gasteiger partial charge in [-0.25, -0.2) is 0 Å². The van der Waals surface area contributed by atoms with E-state index >= 15 is 35.1 Å². The number of alkyl halides is 8. The molecule has 0 radical (unpaired) electrons. The van der Waals surface area contributed by atoms with Gasteiger partial charge < -0.3 is 0 Å². The molecule has 0 aliphatic rings. The fraction of sp³-hybridized carbons (Fsp3) is 1.00. The molecule has 0 aromatic heterocycles. The molecule has 182 valence electrons. The first-order chi connectivity index (χ1) is 12.9. The lowest BCUT2D eigenvalue weighted by molar-refractivity contribution is -0.372. The molecule has 0 atom stereocenters. The van der Waals surface area contributed by atoms with Crippen LogP contribution in [-0.4, -0.2) is 23.7 Å². The van der Waals surface area contributed by atoms with E-state index in [4.69, 9.17) is 0 Å². The fourth-order valence-electron chi connectivity index (χ4n) is 3.98. The summed E-state index contributed by atoms with van der Waals surface area (Å²) in [5.74, 6) is -19.4. The maximum Gasteiger partial charge on any atom is 0.316 e. The van der Waals surface area contributed by atoms with Crippen LogP contribution in [-0.2, 0) is 0 Å². The van der Waals surface area contributed by atoms with Crippen molar-refractivity contribution >= 4 is 0 Å². The number of rotatable bonds is 11. The minimum Gasteiger partial charge on any atom is -0.199 e. The van der Waals surface area contributed by atoms with Crippen LogP contribution in [0.3, 0.4) is 0 Å². The third kappa shape index (κ3) is 3.87. The Bertz CT molecular complexity index is 534. The third-order valence-electron chi connectivity index (χ3n) is 7.37. The summed E-state index contributed by atoms with van der Waals surface area (Å²) in [5, 5.41) is 0. The lowest BCUT2D eigenvalue weighted by Crippen LogP contribution is -2.69. The van der Waals surface area contributed by atoms with Gasteiger partial charge in [0.05, 0.1) is 0 Å². The molecule has 0 nitrogen and oxygen atoms in total. The van der Waals surface area contributed by atoms with Gasteiger partial charge >= 0.3 is 23.7 Å². The van der Waals surface area contributed by atoms with Crippen molar-refractivity contribution in [3.05, 3.63) is 0 Å². The lowest BCUT2D eigenvalue weighted by Gasteiger charge is -2.56. The molecule has 0 aromatic rings. The van der Waals surface area contributed by atoms with Gasteiger partial charge in [0.1, 0.15) is 0 Å². The Labute approximate surface area is 176 Å². The van der Waals surface area contributed by atoms with E-state index in [1.54, 1.807) is 0 Å². The van der Waals surface area contributed by atoms with Crippen LogP contribution in [0.1, 0.15) is 94.9 Å². The molecular formula is C22H38F8. The molecule has 0 spiro atoms. The highest BCUT2D eigenvalue weighted by Crippen LogP contribution is 2.68. The molecular weight excluding hydrogens is 416 g/mol. The number of hydrogen-bond acceptors (Lipinski definition) is 0. The third-order valence-corrected chi connectivity index (χ3v) is 7.37. The second-order valence-corrected chi connectivity index (χ2v) is 10.8. The van der Waals surface area contributed by atoms with E-state index in [0.29, 0.717) is 27.7 Å². The van der Waals surface area contributed by atoms with Gasteiger partial charge in [-0.2, -0.15) is 35.1 Å². The summed E-state index contributed by atoms with van der Waals surface area (Å²) >= 11 is 0. The highest BCUT2D eigenvalue weighted by Gasteiger charge is 2.80. The maximum absolute atomic E-state index is 15.3. The Hall–Kier alpha value is -0.560. The van der Waals surface area contributed by atoms with Gasteiger partial charge in [-0.3, -0.25) is 0 Å². The Morgan fingerprint density at radius 3 is 0.767 bits per heavy atom. The van der Waals surface area contributed by atoms with Crippen LogP contribution in [0.5, 0.6) is 0 Å². The van der Waals surface area contributed by atoms with E-state index in [-0.39, 0.29) is 25.7 Å². The minimum absolute atomic E-state index is 0.169. The maximum atomic E-state index is 15.3. The van der Waals surface area contributed by atoms with Gasteiger partial charge in [-0.05, 0) is 12.8 Å². The van der Waals surface area contributed by atoms with E-state index in [1.807, 2.05) is 0 Å². The minimum atomic E-state index is -4.99. The van der Waals surface area contributed by atoms with Crippen LogP contribution in [0.25, 0.3) is 0 Å². The lowest BCUT2D eigenvalue weighted by atomic mass is 9.55. The van der Waals surface area contributed by atoms with E-state index in [1.165, 1.54) is 13.8 Å². The first kappa shape index (κ1) is 29.4. The number of halogens is 8. The summed E-state index contributed by atoms with van der Waals surface area (Å²) in [7, 11) is 0.